The maximum atomic E-state index is 13.1. The molecule has 2 rings (SSSR count). The van der Waals surface area contributed by atoms with Gasteiger partial charge < -0.3 is 9.84 Å². The molecule has 8 heteroatoms. The third-order valence-corrected chi connectivity index (χ3v) is 2.52. The molecular formula is C13H9FN2O5. The predicted molar refractivity (Wildman–Crippen MR) is 68.6 cm³/mol. The number of hydrogen-bond acceptors (Lipinski definition) is 5. The van der Waals surface area contributed by atoms with Crippen LogP contribution >= 0.6 is 0 Å². The van der Waals surface area contributed by atoms with Gasteiger partial charge in [0.15, 0.2) is 5.75 Å². The van der Waals surface area contributed by atoms with Gasteiger partial charge in [-0.1, -0.05) is 6.07 Å². The highest BCUT2D eigenvalue weighted by Crippen LogP contribution is 2.28. The summed E-state index contributed by atoms with van der Waals surface area (Å²) in [4.78, 5) is 24.7. The molecule has 0 radical (unpaired) electrons. The number of aromatic nitrogens is 1. The van der Waals surface area contributed by atoms with Crippen molar-refractivity contribution in [3.8, 4) is 5.75 Å². The first kappa shape index (κ1) is 14.4. The number of carbonyl (C=O) groups is 1. The van der Waals surface area contributed by atoms with Gasteiger partial charge in [0.25, 0.3) is 0 Å². The average Bonchev–Trinajstić information content (AvgIpc) is 2.45. The summed E-state index contributed by atoms with van der Waals surface area (Å²) < 4.78 is 18.3. The van der Waals surface area contributed by atoms with Crippen LogP contribution in [-0.2, 0) is 6.61 Å². The van der Waals surface area contributed by atoms with Gasteiger partial charge in [0.05, 0.1) is 10.6 Å². The van der Waals surface area contributed by atoms with E-state index in [-0.39, 0.29) is 29.4 Å². The largest absolute Gasteiger partial charge is 0.480 e. The Hall–Kier alpha value is -3.03. The molecule has 0 aliphatic heterocycles. The van der Waals surface area contributed by atoms with Crippen LogP contribution in [0.4, 0.5) is 10.1 Å². The number of ether oxygens (including phenoxy) is 1. The summed E-state index contributed by atoms with van der Waals surface area (Å²) in [6.07, 6.45) is 0. The number of rotatable bonds is 5. The second-order valence-corrected chi connectivity index (χ2v) is 3.98. The first-order valence-electron chi connectivity index (χ1n) is 5.73. The Kier molecular flexibility index (Phi) is 4.07. The van der Waals surface area contributed by atoms with Crippen LogP contribution in [0.3, 0.4) is 0 Å². The highest BCUT2D eigenvalue weighted by Gasteiger charge is 2.16. The van der Waals surface area contributed by atoms with Crippen LogP contribution in [0.15, 0.2) is 36.4 Å². The van der Waals surface area contributed by atoms with Crippen LogP contribution < -0.4 is 4.74 Å². The summed E-state index contributed by atoms with van der Waals surface area (Å²) in [6, 6.07) is 7.10. The van der Waals surface area contributed by atoms with Gasteiger partial charge in [-0.05, 0) is 18.2 Å². The monoisotopic (exact) mass is 292 g/mol. The number of nitro benzene ring substituents is 1. The SMILES string of the molecule is O=C(O)c1cccc(COc2cc(F)ccc2[N+](=O)[O-])n1. The summed E-state index contributed by atoms with van der Waals surface area (Å²) in [6.45, 7) is -0.217. The van der Waals surface area contributed by atoms with Crippen LogP contribution in [0.5, 0.6) is 5.75 Å². The van der Waals surface area contributed by atoms with Gasteiger partial charge in [-0.3, -0.25) is 10.1 Å². The molecule has 0 bridgehead atoms. The van der Waals surface area contributed by atoms with Crippen molar-refractivity contribution in [2.24, 2.45) is 0 Å². The van der Waals surface area contributed by atoms with Crippen LogP contribution in [0, 0.1) is 15.9 Å². The van der Waals surface area contributed by atoms with Crippen molar-refractivity contribution in [2.45, 2.75) is 6.61 Å². The van der Waals surface area contributed by atoms with Gasteiger partial charge in [-0.2, -0.15) is 0 Å². The molecule has 0 aliphatic carbocycles. The van der Waals surface area contributed by atoms with E-state index in [1.54, 1.807) is 0 Å². The molecule has 7 nitrogen and oxygen atoms in total. The highest BCUT2D eigenvalue weighted by atomic mass is 19.1. The fourth-order valence-corrected chi connectivity index (χ4v) is 1.59. The van der Waals surface area contributed by atoms with Crippen molar-refractivity contribution in [1.82, 2.24) is 4.98 Å². The van der Waals surface area contributed by atoms with Crippen molar-refractivity contribution < 1.29 is 24.0 Å². The molecule has 2 aromatic rings. The van der Waals surface area contributed by atoms with Gasteiger partial charge in [0.2, 0.25) is 0 Å². The quantitative estimate of drug-likeness (QED) is 0.670. The fraction of sp³-hybridized carbons (Fsp3) is 0.0769. The second-order valence-electron chi connectivity index (χ2n) is 3.98. The topological polar surface area (TPSA) is 103 Å². The lowest BCUT2D eigenvalue weighted by molar-refractivity contribution is -0.386. The van der Waals surface area contributed by atoms with Crippen LogP contribution in [-0.4, -0.2) is 21.0 Å². The normalized spacial score (nSPS) is 10.1. The summed E-state index contributed by atoms with van der Waals surface area (Å²) in [5, 5.41) is 19.6. The molecule has 1 aromatic heterocycles. The van der Waals surface area contributed by atoms with Crippen molar-refractivity contribution in [2.75, 3.05) is 0 Å². The van der Waals surface area contributed by atoms with E-state index in [1.165, 1.54) is 18.2 Å². The second kappa shape index (κ2) is 5.95. The molecule has 1 aromatic carbocycles. The van der Waals surface area contributed by atoms with Crippen molar-refractivity contribution in [1.29, 1.82) is 0 Å². The number of nitro groups is 1. The van der Waals surface area contributed by atoms with Gasteiger partial charge in [-0.15, -0.1) is 0 Å². The Balaban J connectivity index is 2.20. The Morgan fingerprint density at radius 2 is 2.14 bits per heavy atom. The molecule has 0 saturated carbocycles. The summed E-state index contributed by atoms with van der Waals surface area (Å²) >= 11 is 0. The number of benzene rings is 1. The maximum Gasteiger partial charge on any atom is 0.354 e. The van der Waals surface area contributed by atoms with Gasteiger partial charge in [0, 0.05) is 12.1 Å². The lowest BCUT2D eigenvalue weighted by Crippen LogP contribution is -2.05. The van der Waals surface area contributed by atoms with Crippen molar-refractivity contribution >= 4 is 11.7 Å². The van der Waals surface area contributed by atoms with E-state index < -0.39 is 16.7 Å². The zero-order valence-electron chi connectivity index (χ0n) is 10.5. The first-order chi connectivity index (χ1) is 9.97. The standard InChI is InChI=1S/C13H9FN2O5/c14-8-4-5-11(16(19)20)12(6-8)21-7-9-2-1-3-10(15-9)13(17)18/h1-6H,7H2,(H,17,18). The number of aromatic carboxylic acids is 1. The molecule has 1 N–H and O–H groups in total. The molecule has 108 valence electrons. The number of pyridine rings is 1. The maximum absolute atomic E-state index is 13.1. The Labute approximate surface area is 117 Å². The summed E-state index contributed by atoms with van der Waals surface area (Å²) in [5.41, 5.74) is -0.302. The van der Waals surface area contributed by atoms with Crippen molar-refractivity contribution in [3.05, 3.63) is 63.7 Å². The minimum Gasteiger partial charge on any atom is -0.480 e. The molecule has 0 spiro atoms. The summed E-state index contributed by atoms with van der Waals surface area (Å²) in [5.74, 6) is -2.13. The molecule has 0 fully saturated rings. The van der Waals surface area contributed by atoms with E-state index in [9.17, 15) is 19.3 Å². The minimum atomic E-state index is -1.20. The van der Waals surface area contributed by atoms with Crippen LogP contribution in [0.1, 0.15) is 16.2 Å². The average molecular weight is 292 g/mol. The molecule has 0 unspecified atom stereocenters. The Morgan fingerprint density at radius 1 is 1.38 bits per heavy atom. The minimum absolute atomic E-state index is 0.176. The zero-order chi connectivity index (χ0) is 15.4. The predicted octanol–water partition coefficient (Wildman–Crippen LogP) is 2.41. The molecule has 0 aliphatic rings. The molecule has 0 amide bonds. The number of carboxylic acid groups (broad SMARTS) is 1. The van der Waals surface area contributed by atoms with Crippen molar-refractivity contribution in [3.63, 3.8) is 0 Å². The van der Waals surface area contributed by atoms with Crippen LogP contribution in [0.25, 0.3) is 0 Å². The summed E-state index contributed by atoms with van der Waals surface area (Å²) in [7, 11) is 0. The van der Waals surface area contributed by atoms with E-state index in [0.717, 1.165) is 18.2 Å². The smallest absolute Gasteiger partial charge is 0.354 e. The van der Waals surface area contributed by atoms with E-state index in [2.05, 4.69) is 4.98 Å². The lowest BCUT2D eigenvalue weighted by atomic mass is 10.3. The van der Waals surface area contributed by atoms with E-state index in [1.807, 2.05) is 0 Å². The lowest BCUT2D eigenvalue weighted by Gasteiger charge is -2.07. The molecule has 0 saturated heterocycles. The van der Waals surface area contributed by atoms with Gasteiger partial charge in [-0.25, -0.2) is 14.2 Å². The number of nitrogens with zero attached hydrogens (tertiary/aromatic N) is 2. The van der Waals surface area contributed by atoms with E-state index in [0.29, 0.717) is 0 Å². The Morgan fingerprint density at radius 3 is 2.81 bits per heavy atom. The molecule has 1 heterocycles. The third-order valence-electron chi connectivity index (χ3n) is 2.52. The van der Waals surface area contributed by atoms with Crippen LogP contribution in [0.2, 0.25) is 0 Å². The Bertz CT molecular complexity index is 705. The first-order valence-corrected chi connectivity index (χ1v) is 5.73. The zero-order valence-corrected chi connectivity index (χ0v) is 10.5. The number of halogens is 1. The van der Waals surface area contributed by atoms with Gasteiger partial charge >= 0.3 is 11.7 Å². The highest BCUT2D eigenvalue weighted by molar-refractivity contribution is 5.85. The molecule has 0 atom stereocenters. The molecular weight excluding hydrogens is 283 g/mol. The molecule has 21 heavy (non-hydrogen) atoms. The number of carboxylic acids is 1. The van der Waals surface area contributed by atoms with E-state index in [4.69, 9.17) is 9.84 Å². The van der Waals surface area contributed by atoms with Gasteiger partial charge in [0.1, 0.15) is 18.1 Å². The third kappa shape index (κ3) is 3.50. The van der Waals surface area contributed by atoms with E-state index >= 15 is 0 Å². The fourth-order valence-electron chi connectivity index (χ4n) is 1.59. The number of hydrogen-bond donors (Lipinski definition) is 1.